The fourth-order valence-electron chi connectivity index (χ4n) is 1.84. The van der Waals surface area contributed by atoms with Crippen molar-refractivity contribution in [2.45, 2.75) is 6.54 Å². The Morgan fingerprint density at radius 1 is 1.25 bits per heavy atom. The molecule has 0 amide bonds. The molecule has 1 saturated heterocycles. The van der Waals surface area contributed by atoms with Gasteiger partial charge in [-0.1, -0.05) is 0 Å². The van der Waals surface area contributed by atoms with Gasteiger partial charge in [-0.25, -0.2) is 15.0 Å². The molecule has 0 unspecified atom stereocenters. The Bertz CT molecular complexity index is 444. The van der Waals surface area contributed by atoms with Gasteiger partial charge in [0.2, 0.25) is 0 Å². The van der Waals surface area contributed by atoms with Crippen LogP contribution in [0.25, 0.3) is 11.3 Å². The van der Waals surface area contributed by atoms with E-state index in [-0.39, 0.29) is 0 Å². The zero-order valence-electron chi connectivity index (χ0n) is 8.89. The lowest BCUT2D eigenvalue weighted by Gasteiger charge is -2.25. The third kappa shape index (κ3) is 1.89. The Kier molecular flexibility index (Phi) is 2.51. The van der Waals surface area contributed by atoms with Gasteiger partial charge in [-0.05, 0) is 0 Å². The first kappa shape index (κ1) is 9.68. The van der Waals surface area contributed by atoms with Gasteiger partial charge in [0.05, 0.1) is 19.8 Å². The number of rotatable bonds is 2. The summed E-state index contributed by atoms with van der Waals surface area (Å²) in [5, 5.41) is 0. The first-order chi connectivity index (χ1) is 7.92. The lowest BCUT2D eigenvalue weighted by Crippen LogP contribution is -2.35. The molecular weight excluding hydrogens is 206 g/mol. The number of nitrogens with one attached hydrogen (secondary N) is 1. The summed E-state index contributed by atoms with van der Waals surface area (Å²) in [7, 11) is 0. The highest BCUT2D eigenvalue weighted by molar-refractivity contribution is 5.64. The largest absolute Gasteiger partial charge is 0.379 e. The Morgan fingerprint density at radius 2 is 2.06 bits per heavy atom. The van der Waals surface area contributed by atoms with E-state index in [2.05, 4.69) is 24.8 Å². The molecule has 0 saturated carbocycles. The van der Waals surface area contributed by atoms with Gasteiger partial charge < -0.3 is 9.72 Å². The average Bonchev–Trinajstić information content (AvgIpc) is 2.72. The summed E-state index contributed by atoms with van der Waals surface area (Å²) in [6.45, 7) is 4.32. The molecular formula is C10H13N5O. The van der Waals surface area contributed by atoms with Crippen LogP contribution >= 0.6 is 0 Å². The molecule has 0 aromatic carbocycles. The minimum Gasteiger partial charge on any atom is -0.379 e. The highest BCUT2D eigenvalue weighted by Gasteiger charge is 2.13. The van der Waals surface area contributed by atoms with Crippen molar-refractivity contribution in [3.63, 3.8) is 0 Å². The topological polar surface area (TPSA) is 66.9 Å². The number of nitrogens with zero attached hydrogens (tertiary/aromatic N) is 4. The second-order valence-corrected chi connectivity index (χ2v) is 3.80. The van der Waals surface area contributed by atoms with E-state index in [1.807, 2.05) is 0 Å². The van der Waals surface area contributed by atoms with Gasteiger partial charge in [0, 0.05) is 25.5 Å². The highest BCUT2D eigenvalue weighted by Crippen LogP contribution is 2.08. The van der Waals surface area contributed by atoms with E-state index in [1.165, 1.54) is 0 Å². The van der Waals surface area contributed by atoms with Crippen molar-refractivity contribution in [2.75, 3.05) is 26.3 Å². The van der Waals surface area contributed by atoms with Crippen LogP contribution in [0.5, 0.6) is 0 Å². The zero-order valence-corrected chi connectivity index (χ0v) is 8.89. The Labute approximate surface area is 92.7 Å². The highest BCUT2D eigenvalue weighted by atomic mass is 16.5. The van der Waals surface area contributed by atoms with Crippen molar-refractivity contribution < 1.29 is 4.74 Å². The lowest BCUT2D eigenvalue weighted by molar-refractivity contribution is 0.0332. The zero-order chi connectivity index (χ0) is 10.8. The van der Waals surface area contributed by atoms with Gasteiger partial charge in [-0.15, -0.1) is 0 Å². The maximum atomic E-state index is 5.30. The molecule has 0 spiro atoms. The monoisotopic (exact) mass is 219 g/mol. The third-order valence-electron chi connectivity index (χ3n) is 2.66. The van der Waals surface area contributed by atoms with Gasteiger partial charge in [0.15, 0.2) is 11.3 Å². The van der Waals surface area contributed by atoms with Gasteiger partial charge in [0.25, 0.3) is 0 Å². The van der Waals surface area contributed by atoms with E-state index in [4.69, 9.17) is 4.74 Å². The van der Waals surface area contributed by atoms with E-state index < -0.39 is 0 Å². The summed E-state index contributed by atoms with van der Waals surface area (Å²) in [4.78, 5) is 18.2. The third-order valence-corrected chi connectivity index (χ3v) is 2.66. The predicted octanol–water partition coefficient (Wildman–Crippen LogP) is 0.185. The minimum atomic E-state index is 0.686. The summed E-state index contributed by atoms with van der Waals surface area (Å²) < 4.78 is 5.30. The number of H-pyrrole nitrogens is 1. The fraction of sp³-hybridized carbons (Fsp3) is 0.500. The molecule has 0 bridgehead atoms. The summed E-state index contributed by atoms with van der Waals surface area (Å²) in [6, 6.07) is 0. The summed E-state index contributed by atoms with van der Waals surface area (Å²) in [6.07, 6.45) is 3.32. The SMILES string of the molecule is c1cnc2[nH]c(CN3CCOCC3)nc2n1. The molecule has 3 rings (SSSR count). The van der Waals surface area contributed by atoms with Crippen molar-refractivity contribution in [3.05, 3.63) is 18.2 Å². The normalized spacial score (nSPS) is 18.0. The van der Waals surface area contributed by atoms with Crippen molar-refractivity contribution in [2.24, 2.45) is 0 Å². The standard InChI is InChI=1S/C10H13N5O/c1-2-12-10-9(11-1)13-8(14-10)7-15-3-5-16-6-4-15/h1-2H,3-7H2,(H,11,12,13,14). The maximum Gasteiger partial charge on any atom is 0.197 e. The molecule has 2 aromatic heterocycles. The average molecular weight is 219 g/mol. The van der Waals surface area contributed by atoms with Crippen LogP contribution in [-0.2, 0) is 11.3 Å². The Balaban J connectivity index is 1.78. The second-order valence-electron chi connectivity index (χ2n) is 3.80. The summed E-state index contributed by atoms with van der Waals surface area (Å²) in [5.41, 5.74) is 1.44. The number of aromatic nitrogens is 4. The molecule has 6 heteroatoms. The predicted molar refractivity (Wildman–Crippen MR) is 57.8 cm³/mol. The number of hydrogen-bond acceptors (Lipinski definition) is 5. The van der Waals surface area contributed by atoms with E-state index >= 15 is 0 Å². The summed E-state index contributed by atoms with van der Waals surface area (Å²) in [5.74, 6) is 0.920. The minimum absolute atomic E-state index is 0.686. The Hall–Kier alpha value is -1.53. The molecule has 0 aliphatic carbocycles. The molecule has 6 nitrogen and oxygen atoms in total. The van der Waals surface area contributed by atoms with Crippen molar-refractivity contribution in [1.29, 1.82) is 0 Å². The van der Waals surface area contributed by atoms with Gasteiger partial charge >= 0.3 is 0 Å². The van der Waals surface area contributed by atoms with E-state index in [0.29, 0.717) is 5.65 Å². The number of morpholine rings is 1. The van der Waals surface area contributed by atoms with Gasteiger partial charge in [0.1, 0.15) is 5.82 Å². The molecule has 1 fully saturated rings. The molecule has 3 heterocycles. The number of hydrogen-bond donors (Lipinski definition) is 1. The van der Waals surface area contributed by atoms with Crippen LogP contribution in [0.1, 0.15) is 5.82 Å². The molecule has 2 aromatic rings. The number of imidazole rings is 1. The maximum absolute atomic E-state index is 5.30. The first-order valence-electron chi connectivity index (χ1n) is 5.37. The van der Waals surface area contributed by atoms with Crippen LogP contribution < -0.4 is 0 Å². The summed E-state index contributed by atoms with van der Waals surface area (Å²) >= 11 is 0. The fourth-order valence-corrected chi connectivity index (χ4v) is 1.84. The van der Waals surface area contributed by atoms with E-state index in [1.54, 1.807) is 12.4 Å². The molecule has 0 radical (unpaired) electrons. The van der Waals surface area contributed by atoms with Crippen molar-refractivity contribution in [1.82, 2.24) is 24.8 Å². The smallest absolute Gasteiger partial charge is 0.197 e. The molecule has 0 atom stereocenters. The van der Waals surface area contributed by atoms with Crippen molar-refractivity contribution in [3.8, 4) is 0 Å². The number of fused-ring (bicyclic) bond motifs is 1. The molecule has 1 aliphatic heterocycles. The van der Waals surface area contributed by atoms with E-state index in [9.17, 15) is 0 Å². The van der Waals surface area contributed by atoms with Crippen LogP contribution in [0.4, 0.5) is 0 Å². The van der Waals surface area contributed by atoms with Crippen LogP contribution in [0, 0.1) is 0 Å². The van der Waals surface area contributed by atoms with Gasteiger partial charge in [-0.3, -0.25) is 4.90 Å². The van der Waals surface area contributed by atoms with Crippen LogP contribution in [-0.4, -0.2) is 51.1 Å². The lowest BCUT2D eigenvalue weighted by atomic mass is 10.4. The quantitative estimate of drug-likeness (QED) is 0.780. The van der Waals surface area contributed by atoms with Crippen molar-refractivity contribution >= 4 is 11.3 Å². The van der Waals surface area contributed by atoms with Crippen LogP contribution in [0.15, 0.2) is 12.4 Å². The van der Waals surface area contributed by atoms with Crippen LogP contribution in [0.2, 0.25) is 0 Å². The molecule has 1 N–H and O–H groups in total. The number of ether oxygens (including phenoxy) is 1. The number of aromatic amines is 1. The molecule has 84 valence electrons. The van der Waals surface area contributed by atoms with Gasteiger partial charge in [-0.2, -0.15) is 0 Å². The molecule has 16 heavy (non-hydrogen) atoms. The Morgan fingerprint density at radius 3 is 2.88 bits per heavy atom. The van der Waals surface area contributed by atoms with Crippen LogP contribution in [0.3, 0.4) is 0 Å². The van der Waals surface area contributed by atoms with E-state index in [0.717, 1.165) is 44.3 Å². The second kappa shape index (κ2) is 4.15. The molecule has 1 aliphatic rings. The first-order valence-corrected chi connectivity index (χ1v) is 5.37.